The van der Waals surface area contributed by atoms with Crippen molar-refractivity contribution in [3.8, 4) is 0 Å². The van der Waals surface area contributed by atoms with Crippen LogP contribution in [0.1, 0.15) is 35.3 Å². The molecule has 2 saturated heterocycles. The maximum absolute atomic E-state index is 13.6. The van der Waals surface area contributed by atoms with Crippen LogP contribution in [0.3, 0.4) is 0 Å². The molecule has 1 unspecified atom stereocenters. The summed E-state index contributed by atoms with van der Waals surface area (Å²) in [6.07, 6.45) is 1.58. The molecular formula is C30H36N9O5+. The highest BCUT2D eigenvalue weighted by Crippen LogP contribution is 2.42. The monoisotopic (exact) mass is 602 g/mol. The van der Waals surface area contributed by atoms with Gasteiger partial charge in [-0.2, -0.15) is 0 Å². The van der Waals surface area contributed by atoms with Crippen molar-refractivity contribution in [1.82, 2.24) is 20.4 Å². The number of carbonyl (C=O) groups excluding carboxylic acids is 3. The summed E-state index contributed by atoms with van der Waals surface area (Å²) in [5.41, 5.74) is 14.0. The van der Waals surface area contributed by atoms with Crippen molar-refractivity contribution in [1.29, 1.82) is 0 Å². The van der Waals surface area contributed by atoms with E-state index in [2.05, 4.69) is 34.5 Å². The van der Waals surface area contributed by atoms with Gasteiger partial charge in [-0.05, 0) is 47.6 Å². The average Bonchev–Trinajstić information content (AvgIpc) is 3.65. The zero-order valence-electron chi connectivity index (χ0n) is 24.4. The zero-order chi connectivity index (χ0) is 31.2. The fraction of sp³-hybridized carbons (Fsp3) is 0.433. The summed E-state index contributed by atoms with van der Waals surface area (Å²) in [4.78, 5) is 51.5. The number of nitrogens with zero attached hydrogens (tertiary/aromatic N) is 4. The van der Waals surface area contributed by atoms with Crippen LogP contribution in [-0.2, 0) is 17.6 Å². The van der Waals surface area contributed by atoms with Gasteiger partial charge in [0, 0.05) is 11.3 Å². The summed E-state index contributed by atoms with van der Waals surface area (Å²) >= 11 is 0. The summed E-state index contributed by atoms with van der Waals surface area (Å²) in [6, 6.07) is 10.8. The number of guanidine groups is 2. The maximum Gasteiger partial charge on any atom is 0.343 e. The molecule has 44 heavy (non-hydrogen) atoms. The van der Waals surface area contributed by atoms with Crippen molar-refractivity contribution in [3.05, 3.63) is 65.2 Å². The molecule has 0 saturated carbocycles. The topological polar surface area (TPSA) is 204 Å². The number of hydrogen-bond donors (Lipinski definition) is 7. The molecule has 4 heterocycles. The van der Waals surface area contributed by atoms with Crippen molar-refractivity contribution < 1.29 is 29.6 Å². The van der Waals surface area contributed by atoms with Crippen molar-refractivity contribution in [2.75, 3.05) is 24.5 Å². The molecule has 4 amide bonds. The molecule has 7 rings (SSSR count). The molecule has 2 aromatic rings. The van der Waals surface area contributed by atoms with Crippen molar-refractivity contribution in [3.63, 3.8) is 0 Å². The molecule has 4 aliphatic heterocycles. The first-order valence-corrected chi connectivity index (χ1v) is 14.6. The molecule has 0 bridgehead atoms. The molecule has 4 atom stereocenters. The van der Waals surface area contributed by atoms with E-state index in [4.69, 9.17) is 11.5 Å². The Morgan fingerprint density at radius 2 is 1.86 bits per heavy atom. The molecule has 2 fully saturated rings. The molecule has 2 aromatic carbocycles. The highest BCUT2D eigenvalue weighted by Gasteiger charge is 2.76. The van der Waals surface area contributed by atoms with E-state index >= 15 is 0 Å². The van der Waals surface area contributed by atoms with E-state index in [-0.39, 0.29) is 37.0 Å². The van der Waals surface area contributed by atoms with Crippen LogP contribution >= 0.6 is 0 Å². The van der Waals surface area contributed by atoms with Gasteiger partial charge in [0.05, 0.1) is 13.1 Å². The van der Waals surface area contributed by atoms with Gasteiger partial charge in [-0.3, -0.25) is 35.0 Å². The second kappa shape index (κ2) is 9.40. The Labute approximate surface area is 253 Å². The van der Waals surface area contributed by atoms with Gasteiger partial charge in [-0.15, -0.1) is 0 Å². The number of amides is 4. The number of rotatable bonds is 5. The first-order chi connectivity index (χ1) is 20.8. The molecule has 1 aliphatic carbocycles. The molecule has 0 aromatic heterocycles. The van der Waals surface area contributed by atoms with E-state index in [9.17, 15) is 24.6 Å². The lowest BCUT2D eigenvalue weighted by molar-refractivity contribution is -0.521. The van der Waals surface area contributed by atoms with Crippen LogP contribution in [0.5, 0.6) is 0 Å². The van der Waals surface area contributed by atoms with E-state index in [1.54, 1.807) is 30.3 Å². The van der Waals surface area contributed by atoms with Gasteiger partial charge in [0.1, 0.15) is 18.6 Å². The summed E-state index contributed by atoms with van der Waals surface area (Å²) in [5, 5.41) is 29.5. The third-order valence-electron chi connectivity index (χ3n) is 9.52. The van der Waals surface area contributed by atoms with E-state index in [0.29, 0.717) is 11.3 Å². The van der Waals surface area contributed by atoms with Crippen molar-refractivity contribution in [2.45, 2.75) is 56.3 Å². The Balaban J connectivity index is 1.16. The third kappa shape index (κ3) is 3.97. The number of fused-ring (bicyclic) bond motifs is 1. The number of nitrogens with two attached hydrogens (primary N) is 2. The number of nitrogens with one attached hydrogen (secondary N) is 3. The summed E-state index contributed by atoms with van der Waals surface area (Å²) in [7, 11) is 0. The van der Waals surface area contributed by atoms with Crippen LogP contribution < -0.4 is 32.0 Å². The van der Waals surface area contributed by atoms with Gasteiger partial charge < -0.3 is 21.3 Å². The number of imide groups is 1. The van der Waals surface area contributed by atoms with E-state index in [1.807, 2.05) is 18.2 Å². The lowest BCUT2D eigenvalue weighted by atomic mass is 9.84. The number of carbonyl (C=O) groups is 3. The quantitative estimate of drug-likeness (QED) is 0.139. The Morgan fingerprint density at radius 3 is 2.61 bits per heavy atom. The SMILES string of the molecule is CC1(C)Cc2cccc(C(=O)NC3CN4C(N)=N[C@@H](CN5C(=O)CN(c6ccccc6)C5=O)[C@@H]5[NH+]=C(N)N[C@@]54C3(O)O)c2C1. The first-order valence-electron chi connectivity index (χ1n) is 14.6. The predicted octanol–water partition coefficient (Wildman–Crippen LogP) is -2.86. The number of para-hydroxylation sites is 1. The highest BCUT2D eigenvalue weighted by atomic mass is 16.5. The molecule has 9 N–H and O–H groups in total. The van der Waals surface area contributed by atoms with Gasteiger partial charge in [-0.25, -0.2) is 15.1 Å². The third-order valence-corrected chi connectivity index (χ3v) is 9.52. The Bertz CT molecular complexity index is 1640. The Hall–Kier alpha value is -4.69. The maximum atomic E-state index is 13.6. The highest BCUT2D eigenvalue weighted by molar-refractivity contribution is 6.12. The summed E-state index contributed by atoms with van der Waals surface area (Å²) in [5.74, 6) is -3.51. The molecule has 14 nitrogen and oxygen atoms in total. The fourth-order valence-corrected chi connectivity index (χ4v) is 7.55. The van der Waals surface area contributed by atoms with Gasteiger partial charge in [0.15, 0.2) is 12.0 Å². The Morgan fingerprint density at radius 1 is 1.11 bits per heavy atom. The van der Waals surface area contributed by atoms with Crippen LogP contribution in [0.15, 0.2) is 53.5 Å². The number of aliphatic imine (C=N–C) groups is 1. The minimum Gasteiger partial charge on any atom is -0.370 e. The lowest BCUT2D eigenvalue weighted by Crippen LogP contribution is -2.90. The molecule has 230 valence electrons. The van der Waals surface area contributed by atoms with Crippen LogP contribution in [0.2, 0.25) is 0 Å². The molecule has 5 aliphatic rings. The lowest BCUT2D eigenvalue weighted by Gasteiger charge is -2.46. The van der Waals surface area contributed by atoms with Crippen molar-refractivity contribution >= 4 is 35.5 Å². The zero-order valence-corrected chi connectivity index (χ0v) is 24.4. The van der Waals surface area contributed by atoms with Gasteiger partial charge in [0.25, 0.3) is 17.5 Å². The van der Waals surface area contributed by atoms with Crippen LogP contribution in [0, 0.1) is 5.41 Å². The summed E-state index contributed by atoms with van der Waals surface area (Å²) < 4.78 is 0. The fourth-order valence-electron chi connectivity index (χ4n) is 7.55. The number of anilines is 1. The molecule has 0 radical (unpaired) electrons. The second-order valence-corrected chi connectivity index (χ2v) is 13.0. The van der Waals surface area contributed by atoms with E-state index in [0.717, 1.165) is 28.9 Å². The standard InChI is InChI=1S/C30H35N9O5/c1-28(2)11-16-7-6-10-18(19(16)12-28)24(41)34-21-14-39-26(32)33-20(23-29(39,30(21,43)44)36-25(31)35-23)13-38-22(40)15-37(27(38)42)17-8-4-3-5-9-17/h3-10,20-21,23,43-44H,11-15H2,1-2H3,(H2,32,33)(H,34,41)(H3,31,35,36)/p+1/t20-,21?,23-,29-/m0/s1. The minimum atomic E-state index is -2.62. The number of hydrogen-bond acceptors (Lipinski definition) is 10. The largest absolute Gasteiger partial charge is 0.370 e. The predicted molar refractivity (Wildman–Crippen MR) is 159 cm³/mol. The number of benzene rings is 2. The van der Waals surface area contributed by atoms with E-state index in [1.165, 1.54) is 9.80 Å². The average molecular weight is 603 g/mol. The smallest absolute Gasteiger partial charge is 0.343 e. The molecule has 1 spiro atoms. The normalized spacial score (nSPS) is 29.5. The van der Waals surface area contributed by atoms with Crippen molar-refractivity contribution in [2.24, 2.45) is 21.9 Å². The second-order valence-electron chi connectivity index (χ2n) is 13.0. The summed E-state index contributed by atoms with van der Waals surface area (Å²) in [6.45, 7) is 3.87. The first kappa shape index (κ1) is 28.1. The van der Waals surface area contributed by atoms with Gasteiger partial charge >= 0.3 is 12.0 Å². The van der Waals surface area contributed by atoms with Gasteiger partial charge in [0.2, 0.25) is 5.79 Å². The van der Waals surface area contributed by atoms with Crippen LogP contribution in [-0.4, -0.2) is 99.0 Å². The van der Waals surface area contributed by atoms with Gasteiger partial charge in [-0.1, -0.05) is 44.2 Å². The van der Waals surface area contributed by atoms with E-state index < -0.39 is 47.4 Å². The Kier molecular flexibility index (Phi) is 6.01. The van der Waals surface area contributed by atoms with Crippen LogP contribution in [0.4, 0.5) is 10.5 Å². The number of aliphatic hydroxyl groups is 2. The minimum absolute atomic E-state index is 0.0135. The molecular weight excluding hydrogens is 566 g/mol. The number of urea groups is 1. The molecule has 14 heteroatoms. The van der Waals surface area contributed by atoms with Crippen LogP contribution in [0.25, 0.3) is 0 Å².